The molecule has 1 aromatic carbocycles. The van der Waals surface area contributed by atoms with Gasteiger partial charge in [0.1, 0.15) is 0 Å². The predicted octanol–water partition coefficient (Wildman–Crippen LogP) is 1.73. The van der Waals surface area contributed by atoms with Crippen molar-refractivity contribution in [1.29, 1.82) is 0 Å². The van der Waals surface area contributed by atoms with Crippen LogP contribution in [0.5, 0.6) is 0 Å². The highest BCUT2D eigenvalue weighted by Gasteiger charge is 2.41. The maximum absolute atomic E-state index is 12.7. The first-order chi connectivity index (χ1) is 12.1. The van der Waals surface area contributed by atoms with Gasteiger partial charge in [-0.15, -0.1) is 0 Å². The van der Waals surface area contributed by atoms with E-state index in [-0.39, 0.29) is 11.2 Å². The summed E-state index contributed by atoms with van der Waals surface area (Å²) in [5, 5.41) is -0.184. The third-order valence-corrected chi connectivity index (χ3v) is 7.25. The molecule has 2 fully saturated rings. The molecular weight excluding hydrogens is 338 g/mol. The van der Waals surface area contributed by atoms with Crippen molar-refractivity contribution >= 4 is 15.9 Å². The van der Waals surface area contributed by atoms with Gasteiger partial charge in [0.25, 0.3) is 5.91 Å². The molecule has 6 nitrogen and oxygen atoms in total. The average Bonchev–Trinajstić information content (AvgIpc) is 3.38. The molecule has 7 heteroatoms. The third kappa shape index (κ3) is 3.21. The van der Waals surface area contributed by atoms with Crippen LogP contribution in [0.3, 0.4) is 0 Å². The molecule has 1 aliphatic carbocycles. The van der Waals surface area contributed by atoms with Crippen molar-refractivity contribution in [1.82, 2.24) is 13.8 Å². The standard InChI is InChI=1S/C18H21N3O3S/c22-18(15-3-5-16(6-4-15)19-9-1-2-10-19)20-11-13-21(14-12-20)25(23,24)17-7-8-17/h1-6,9-10,17H,7-8,11-14H2. The van der Waals surface area contributed by atoms with E-state index < -0.39 is 10.0 Å². The van der Waals surface area contributed by atoms with Gasteiger partial charge in [0, 0.05) is 49.8 Å². The quantitative estimate of drug-likeness (QED) is 0.835. The fourth-order valence-electron chi connectivity index (χ4n) is 3.19. The normalized spacial score (nSPS) is 19.1. The van der Waals surface area contributed by atoms with E-state index >= 15 is 0 Å². The summed E-state index contributed by atoms with van der Waals surface area (Å²) in [7, 11) is -3.14. The van der Waals surface area contributed by atoms with Crippen molar-refractivity contribution in [2.75, 3.05) is 26.2 Å². The lowest BCUT2D eigenvalue weighted by Gasteiger charge is -2.34. The highest BCUT2D eigenvalue weighted by molar-refractivity contribution is 7.90. The Hall–Kier alpha value is -2.12. The fraction of sp³-hybridized carbons (Fsp3) is 0.389. The number of rotatable bonds is 4. The number of amides is 1. The van der Waals surface area contributed by atoms with Crippen LogP contribution in [0.25, 0.3) is 5.69 Å². The zero-order valence-corrected chi connectivity index (χ0v) is 14.7. The Morgan fingerprint density at radius 1 is 0.920 bits per heavy atom. The summed E-state index contributed by atoms with van der Waals surface area (Å²) in [6, 6.07) is 11.4. The predicted molar refractivity (Wildman–Crippen MR) is 95.2 cm³/mol. The summed E-state index contributed by atoms with van der Waals surface area (Å²) in [6.07, 6.45) is 5.46. The molecule has 4 rings (SSSR count). The van der Waals surface area contributed by atoms with Crippen LogP contribution in [-0.4, -0.2) is 59.5 Å². The van der Waals surface area contributed by atoms with Crippen molar-refractivity contribution < 1.29 is 13.2 Å². The average molecular weight is 359 g/mol. The lowest BCUT2D eigenvalue weighted by molar-refractivity contribution is 0.0698. The lowest BCUT2D eigenvalue weighted by Crippen LogP contribution is -2.51. The van der Waals surface area contributed by atoms with E-state index in [0.717, 1.165) is 18.5 Å². The van der Waals surface area contributed by atoms with Crippen molar-refractivity contribution in [3.8, 4) is 5.69 Å². The van der Waals surface area contributed by atoms with E-state index in [1.807, 2.05) is 53.4 Å². The molecule has 0 atom stereocenters. The summed E-state index contributed by atoms with van der Waals surface area (Å²) in [5.74, 6) is -0.0393. The Morgan fingerprint density at radius 2 is 1.52 bits per heavy atom. The Bertz CT molecular complexity index is 847. The molecule has 2 aromatic rings. The summed E-state index contributed by atoms with van der Waals surface area (Å²) in [4.78, 5) is 14.4. The minimum Gasteiger partial charge on any atom is -0.336 e. The second kappa shape index (κ2) is 6.31. The van der Waals surface area contributed by atoms with Gasteiger partial charge in [0.15, 0.2) is 0 Å². The molecule has 25 heavy (non-hydrogen) atoms. The first-order valence-electron chi connectivity index (χ1n) is 8.57. The first kappa shape index (κ1) is 16.4. The van der Waals surface area contributed by atoms with Gasteiger partial charge in [-0.1, -0.05) is 0 Å². The molecule has 2 heterocycles. The highest BCUT2D eigenvalue weighted by Crippen LogP contribution is 2.31. The van der Waals surface area contributed by atoms with Crippen LogP contribution >= 0.6 is 0 Å². The van der Waals surface area contributed by atoms with Gasteiger partial charge >= 0.3 is 0 Å². The Labute approximate surface area is 147 Å². The van der Waals surface area contributed by atoms with Gasteiger partial charge in [-0.3, -0.25) is 4.79 Å². The van der Waals surface area contributed by atoms with Gasteiger partial charge < -0.3 is 9.47 Å². The number of aromatic nitrogens is 1. The second-order valence-corrected chi connectivity index (χ2v) is 8.79. The molecule has 132 valence electrons. The van der Waals surface area contributed by atoms with Gasteiger partial charge in [-0.25, -0.2) is 8.42 Å². The molecule has 1 saturated carbocycles. The maximum atomic E-state index is 12.7. The number of sulfonamides is 1. The minimum absolute atomic E-state index is 0.0393. The van der Waals surface area contributed by atoms with Crippen LogP contribution < -0.4 is 0 Å². The van der Waals surface area contributed by atoms with E-state index in [9.17, 15) is 13.2 Å². The van der Waals surface area contributed by atoms with Crippen LogP contribution in [-0.2, 0) is 10.0 Å². The number of piperazine rings is 1. The number of nitrogens with zero attached hydrogens (tertiary/aromatic N) is 3. The highest BCUT2D eigenvalue weighted by atomic mass is 32.2. The van der Waals surface area contributed by atoms with Crippen molar-refractivity contribution in [3.05, 3.63) is 54.4 Å². The summed E-state index contributed by atoms with van der Waals surface area (Å²) in [6.45, 7) is 1.69. The molecular formula is C18H21N3O3S. The van der Waals surface area contributed by atoms with Gasteiger partial charge in [0.2, 0.25) is 10.0 Å². The number of benzene rings is 1. The topological polar surface area (TPSA) is 62.6 Å². The van der Waals surface area contributed by atoms with Crippen LogP contribution in [0, 0.1) is 0 Å². The Morgan fingerprint density at radius 3 is 2.08 bits per heavy atom. The zero-order chi connectivity index (χ0) is 17.4. The van der Waals surface area contributed by atoms with Crippen molar-refractivity contribution in [3.63, 3.8) is 0 Å². The smallest absolute Gasteiger partial charge is 0.253 e. The molecule has 1 saturated heterocycles. The van der Waals surface area contributed by atoms with Crippen LogP contribution in [0.15, 0.2) is 48.8 Å². The molecule has 1 aliphatic heterocycles. The number of hydrogen-bond donors (Lipinski definition) is 0. The third-order valence-electron chi connectivity index (χ3n) is 4.85. The van der Waals surface area contributed by atoms with E-state index in [0.29, 0.717) is 31.7 Å². The Kier molecular flexibility index (Phi) is 4.13. The SMILES string of the molecule is O=C(c1ccc(-n2cccc2)cc1)N1CCN(S(=O)(=O)C2CC2)CC1. The van der Waals surface area contributed by atoms with Crippen LogP contribution in [0.2, 0.25) is 0 Å². The first-order valence-corrected chi connectivity index (χ1v) is 10.1. The van der Waals surface area contributed by atoms with Gasteiger partial charge in [0.05, 0.1) is 5.25 Å². The molecule has 1 aromatic heterocycles. The molecule has 0 unspecified atom stereocenters. The number of carbonyl (C=O) groups excluding carboxylic acids is 1. The summed E-state index contributed by atoms with van der Waals surface area (Å²) < 4.78 is 28.1. The minimum atomic E-state index is -3.14. The van der Waals surface area contributed by atoms with Crippen LogP contribution in [0.1, 0.15) is 23.2 Å². The number of hydrogen-bond acceptors (Lipinski definition) is 3. The summed E-state index contributed by atoms with van der Waals surface area (Å²) in [5.41, 5.74) is 1.64. The van der Waals surface area contributed by atoms with Crippen LogP contribution in [0.4, 0.5) is 0 Å². The van der Waals surface area contributed by atoms with Crippen molar-refractivity contribution in [2.24, 2.45) is 0 Å². The monoisotopic (exact) mass is 359 g/mol. The largest absolute Gasteiger partial charge is 0.336 e. The van der Waals surface area contributed by atoms with Gasteiger partial charge in [-0.2, -0.15) is 4.31 Å². The van der Waals surface area contributed by atoms with E-state index in [1.54, 1.807) is 9.21 Å². The maximum Gasteiger partial charge on any atom is 0.253 e. The summed E-state index contributed by atoms with van der Waals surface area (Å²) >= 11 is 0. The van der Waals surface area contributed by atoms with E-state index in [2.05, 4.69) is 0 Å². The molecule has 0 radical (unpaired) electrons. The van der Waals surface area contributed by atoms with Crippen molar-refractivity contribution in [2.45, 2.75) is 18.1 Å². The molecule has 2 aliphatic rings. The lowest BCUT2D eigenvalue weighted by atomic mass is 10.1. The Balaban J connectivity index is 1.40. The molecule has 0 spiro atoms. The van der Waals surface area contributed by atoms with E-state index in [1.165, 1.54) is 0 Å². The fourth-order valence-corrected chi connectivity index (χ4v) is 5.01. The second-order valence-electron chi connectivity index (χ2n) is 6.57. The molecule has 0 N–H and O–H groups in total. The van der Waals surface area contributed by atoms with E-state index in [4.69, 9.17) is 0 Å². The molecule has 1 amide bonds. The number of carbonyl (C=O) groups is 1. The molecule has 0 bridgehead atoms. The van der Waals surface area contributed by atoms with Gasteiger partial charge in [-0.05, 0) is 49.2 Å². The zero-order valence-electron chi connectivity index (χ0n) is 13.9.